The first-order chi connectivity index (χ1) is 24.0. The van der Waals surface area contributed by atoms with E-state index in [1.165, 1.54) is 18.6 Å². The topological polar surface area (TPSA) is 180 Å². The Morgan fingerprint density at radius 3 is 2.24 bits per heavy atom. The zero-order valence-corrected chi connectivity index (χ0v) is 31.3. The van der Waals surface area contributed by atoms with Crippen LogP contribution in [0.5, 0.6) is 0 Å². The lowest BCUT2D eigenvalue weighted by molar-refractivity contribution is -0.147. The highest BCUT2D eigenvalue weighted by atomic mass is 16.2. The minimum atomic E-state index is -1.02. The third-order valence-electron chi connectivity index (χ3n) is 11.8. The highest BCUT2D eigenvalue weighted by Crippen LogP contribution is 2.65. The third-order valence-corrected chi connectivity index (χ3v) is 11.8. The fourth-order valence-corrected chi connectivity index (χ4v) is 8.34. The molecule has 4 N–H and O–H groups in total. The monoisotopic (exact) mass is 707 g/mol. The van der Waals surface area contributed by atoms with E-state index < -0.39 is 70.3 Å². The number of Topliss-reactive ketones (excluding diaryl/α,β-unsaturated/α-hetero) is 1. The van der Waals surface area contributed by atoms with Gasteiger partial charge in [-0.1, -0.05) is 80.6 Å². The molecule has 5 amide bonds. The number of piperidine rings is 1. The molecule has 0 bridgehead atoms. The number of carbonyl (C=O) groups excluding carboxylic acids is 6. The van der Waals surface area contributed by atoms with Gasteiger partial charge >= 0.3 is 0 Å². The Kier molecular flexibility index (Phi) is 11.3. The van der Waals surface area contributed by atoms with Gasteiger partial charge in [-0.3, -0.25) is 33.8 Å². The summed E-state index contributed by atoms with van der Waals surface area (Å²) in [4.78, 5) is 92.2. The fourth-order valence-electron chi connectivity index (χ4n) is 8.34. The molecule has 13 heteroatoms. The molecule has 4 aliphatic rings. The van der Waals surface area contributed by atoms with Crippen LogP contribution in [0.25, 0.3) is 0 Å². The lowest BCUT2D eigenvalue weighted by Crippen LogP contribution is -2.64. The number of hydrogen-bond donors (Lipinski definition) is 4. The lowest BCUT2D eigenvalue weighted by Gasteiger charge is -2.42. The van der Waals surface area contributed by atoms with Crippen molar-refractivity contribution in [1.82, 2.24) is 36.1 Å². The van der Waals surface area contributed by atoms with Crippen molar-refractivity contribution in [3.05, 3.63) is 24.3 Å². The summed E-state index contributed by atoms with van der Waals surface area (Å²) in [6.07, 6.45) is 11.5. The van der Waals surface area contributed by atoms with E-state index in [1.54, 1.807) is 4.90 Å². The maximum absolute atomic E-state index is 14.7. The Bertz CT molecular complexity index is 1500. The average molecular weight is 708 g/mol. The standard InChI is InChI=1S/C38H57N7O6/c1-8-16-41-33(49)28(46)24(19-22-12-13-22)42-32(48)27-26-23(37(26,5)6)21-45(27)35(51)30(36(2,3)4)44-34(50)29(38(7)14-10-9-11-15-38)43-31(47)25-20-39-17-18-40-25/h17-18,20,22-24,26-27,29-30H,8-16,19,21H2,1-7H3,(H,41,49)(H,42,48)(H,43,47)(H,44,50)/t23-,24?,26-,27-,29+,30+/m0/s1. The van der Waals surface area contributed by atoms with Gasteiger partial charge in [0, 0.05) is 25.5 Å². The van der Waals surface area contributed by atoms with E-state index in [1.807, 2.05) is 34.6 Å². The van der Waals surface area contributed by atoms with Gasteiger partial charge in [0.15, 0.2) is 0 Å². The van der Waals surface area contributed by atoms with Crippen molar-refractivity contribution in [2.45, 2.75) is 130 Å². The molecular weight excluding hydrogens is 650 g/mol. The predicted octanol–water partition coefficient (Wildman–Crippen LogP) is 2.94. The highest BCUT2D eigenvalue weighted by molar-refractivity contribution is 6.38. The molecule has 0 radical (unpaired) electrons. The van der Waals surface area contributed by atoms with Crippen molar-refractivity contribution in [3.8, 4) is 0 Å². The number of aromatic nitrogens is 2. The molecule has 51 heavy (non-hydrogen) atoms. The Morgan fingerprint density at radius 2 is 1.65 bits per heavy atom. The number of ketones is 1. The molecule has 6 atom stereocenters. The third kappa shape index (κ3) is 8.43. The molecule has 3 saturated carbocycles. The summed E-state index contributed by atoms with van der Waals surface area (Å²) in [5.74, 6) is -3.02. The van der Waals surface area contributed by atoms with Gasteiger partial charge in [-0.15, -0.1) is 0 Å². The van der Waals surface area contributed by atoms with Gasteiger partial charge in [-0.25, -0.2) is 4.98 Å². The molecule has 0 spiro atoms. The number of carbonyl (C=O) groups is 6. The number of nitrogens with one attached hydrogen (secondary N) is 4. The largest absolute Gasteiger partial charge is 0.349 e. The highest BCUT2D eigenvalue weighted by Gasteiger charge is 2.70. The molecule has 1 aliphatic heterocycles. The van der Waals surface area contributed by atoms with Crippen molar-refractivity contribution in [2.75, 3.05) is 13.1 Å². The van der Waals surface area contributed by atoms with Gasteiger partial charge in [0.2, 0.25) is 23.5 Å². The van der Waals surface area contributed by atoms with Crippen LogP contribution in [0.2, 0.25) is 0 Å². The van der Waals surface area contributed by atoms with E-state index >= 15 is 0 Å². The van der Waals surface area contributed by atoms with Crippen LogP contribution in [0.1, 0.15) is 117 Å². The Hall–Kier alpha value is -3.90. The van der Waals surface area contributed by atoms with Crippen LogP contribution in [-0.2, 0) is 24.0 Å². The van der Waals surface area contributed by atoms with E-state index in [-0.39, 0.29) is 28.9 Å². The van der Waals surface area contributed by atoms with Gasteiger partial charge in [0.25, 0.3) is 11.8 Å². The van der Waals surface area contributed by atoms with Crippen LogP contribution in [0.15, 0.2) is 18.6 Å². The molecule has 1 aromatic rings. The minimum absolute atomic E-state index is 0.0686. The van der Waals surface area contributed by atoms with Crippen LogP contribution >= 0.6 is 0 Å². The average Bonchev–Trinajstić information content (AvgIpc) is 3.95. The zero-order chi connectivity index (χ0) is 37.3. The number of amides is 5. The van der Waals surface area contributed by atoms with E-state index in [9.17, 15) is 28.8 Å². The van der Waals surface area contributed by atoms with E-state index in [0.717, 1.165) is 44.9 Å². The number of hydrogen-bond acceptors (Lipinski definition) is 8. The Labute approximate surface area is 301 Å². The quantitative estimate of drug-likeness (QED) is 0.213. The molecular formula is C38H57N7O6. The SMILES string of the molecule is CCCNC(=O)C(=O)C(CC1CC1)NC(=O)[C@@H]1[C@@H]2[C@H](CN1C(=O)[C@@H](NC(=O)[C@@H](NC(=O)c1cnccn1)C1(C)CCCCC1)C(C)(C)C)C2(C)C. The number of nitrogens with zero attached hydrogens (tertiary/aromatic N) is 3. The smallest absolute Gasteiger partial charge is 0.289 e. The maximum atomic E-state index is 14.7. The first-order valence-corrected chi connectivity index (χ1v) is 18.8. The van der Waals surface area contributed by atoms with Crippen LogP contribution < -0.4 is 21.3 Å². The first kappa shape index (κ1) is 38.3. The predicted molar refractivity (Wildman–Crippen MR) is 190 cm³/mol. The van der Waals surface area contributed by atoms with Crippen molar-refractivity contribution in [1.29, 1.82) is 0 Å². The van der Waals surface area contributed by atoms with Crippen LogP contribution in [-0.4, -0.2) is 87.4 Å². The van der Waals surface area contributed by atoms with Crippen molar-refractivity contribution in [2.24, 2.45) is 34.0 Å². The van der Waals surface area contributed by atoms with Crippen LogP contribution in [0.3, 0.4) is 0 Å². The van der Waals surface area contributed by atoms with Gasteiger partial charge in [-0.05, 0) is 59.7 Å². The molecule has 1 aromatic heterocycles. The molecule has 5 rings (SSSR count). The summed E-state index contributed by atoms with van der Waals surface area (Å²) in [5.41, 5.74) is -1.42. The van der Waals surface area contributed by atoms with Crippen molar-refractivity contribution in [3.63, 3.8) is 0 Å². The summed E-state index contributed by atoms with van der Waals surface area (Å²) in [5, 5.41) is 11.5. The summed E-state index contributed by atoms with van der Waals surface area (Å²) in [6.45, 7) is 14.3. The van der Waals surface area contributed by atoms with Gasteiger partial charge in [0.05, 0.1) is 12.2 Å². The molecule has 280 valence electrons. The summed E-state index contributed by atoms with van der Waals surface area (Å²) in [6, 6.07) is -3.81. The van der Waals surface area contributed by atoms with E-state index in [0.29, 0.717) is 25.9 Å². The zero-order valence-electron chi connectivity index (χ0n) is 31.3. The van der Waals surface area contributed by atoms with E-state index in [4.69, 9.17) is 0 Å². The summed E-state index contributed by atoms with van der Waals surface area (Å²) in [7, 11) is 0. The molecule has 0 aromatic carbocycles. The van der Waals surface area contributed by atoms with Crippen LogP contribution in [0, 0.1) is 34.0 Å². The van der Waals surface area contributed by atoms with E-state index in [2.05, 4.69) is 45.1 Å². The summed E-state index contributed by atoms with van der Waals surface area (Å²) < 4.78 is 0. The molecule has 3 aliphatic carbocycles. The van der Waals surface area contributed by atoms with Crippen molar-refractivity contribution < 1.29 is 28.8 Å². The second kappa shape index (κ2) is 15.0. The second-order valence-corrected chi connectivity index (χ2v) is 17.3. The Morgan fingerprint density at radius 1 is 0.961 bits per heavy atom. The number of likely N-dealkylation sites (tertiary alicyclic amines) is 1. The van der Waals surface area contributed by atoms with Gasteiger partial charge in [-0.2, -0.15) is 0 Å². The molecule has 2 heterocycles. The van der Waals surface area contributed by atoms with Crippen molar-refractivity contribution >= 4 is 35.3 Å². The molecule has 1 saturated heterocycles. The first-order valence-electron chi connectivity index (χ1n) is 18.8. The molecule has 4 fully saturated rings. The number of fused-ring (bicyclic) bond motifs is 1. The fraction of sp³-hybridized carbons (Fsp3) is 0.737. The normalized spacial score (nSPS) is 25.0. The van der Waals surface area contributed by atoms with Gasteiger partial charge < -0.3 is 26.2 Å². The molecule has 13 nitrogen and oxygen atoms in total. The lowest BCUT2D eigenvalue weighted by atomic mass is 9.70. The minimum Gasteiger partial charge on any atom is -0.349 e. The second-order valence-electron chi connectivity index (χ2n) is 17.3. The molecule has 1 unspecified atom stereocenters. The maximum Gasteiger partial charge on any atom is 0.289 e. The Balaban J connectivity index is 1.38. The van der Waals surface area contributed by atoms with Crippen LogP contribution in [0.4, 0.5) is 0 Å². The van der Waals surface area contributed by atoms with Gasteiger partial charge in [0.1, 0.15) is 23.8 Å². The summed E-state index contributed by atoms with van der Waals surface area (Å²) >= 11 is 0. The number of rotatable bonds is 14.